The first-order chi connectivity index (χ1) is 10.1. The van der Waals surface area contributed by atoms with Gasteiger partial charge in [-0.25, -0.2) is 8.42 Å². The van der Waals surface area contributed by atoms with Crippen molar-refractivity contribution in [3.63, 3.8) is 0 Å². The molecular formula is C15H12N2O3S. The van der Waals surface area contributed by atoms with Gasteiger partial charge in [0.2, 0.25) is 0 Å². The molecule has 21 heavy (non-hydrogen) atoms. The van der Waals surface area contributed by atoms with E-state index in [1.54, 1.807) is 25.1 Å². The summed E-state index contributed by atoms with van der Waals surface area (Å²) in [5.74, 6) is 0.664. The third-order valence-corrected chi connectivity index (χ3v) is 5.47. The first-order valence-electron chi connectivity index (χ1n) is 6.54. The van der Waals surface area contributed by atoms with Crippen molar-refractivity contribution < 1.29 is 12.9 Å². The van der Waals surface area contributed by atoms with Crippen molar-refractivity contribution in [1.82, 2.24) is 5.16 Å². The van der Waals surface area contributed by atoms with Gasteiger partial charge in [-0.3, -0.25) is 4.31 Å². The number of benzene rings is 2. The average molecular weight is 300 g/mol. The maximum atomic E-state index is 12.7. The van der Waals surface area contributed by atoms with Crippen LogP contribution in [0.1, 0.15) is 11.5 Å². The Kier molecular flexibility index (Phi) is 2.41. The zero-order valence-corrected chi connectivity index (χ0v) is 12.1. The lowest BCUT2D eigenvalue weighted by molar-refractivity contribution is 0.391. The third-order valence-electron chi connectivity index (χ3n) is 3.66. The molecule has 4 rings (SSSR count). The van der Waals surface area contributed by atoms with E-state index < -0.39 is 10.0 Å². The molecule has 2 heterocycles. The predicted molar refractivity (Wildman–Crippen MR) is 78.6 cm³/mol. The molecular weight excluding hydrogens is 288 g/mol. The third kappa shape index (κ3) is 1.69. The Hall–Kier alpha value is -2.34. The number of aromatic nitrogens is 1. The Balaban J connectivity index is 1.92. The van der Waals surface area contributed by atoms with Crippen LogP contribution >= 0.6 is 0 Å². The van der Waals surface area contributed by atoms with Gasteiger partial charge in [-0.2, -0.15) is 0 Å². The fourth-order valence-electron chi connectivity index (χ4n) is 2.77. The zero-order chi connectivity index (χ0) is 14.6. The number of hydrogen-bond donors (Lipinski definition) is 0. The Morgan fingerprint density at radius 3 is 2.67 bits per heavy atom. The lowest BCUT2D eigenvalue weighted by Gasteiger charge is -2.17. The van der Waals surface area contributed by atoms with Gasteiger partial charge in [-0.1, -0.05) is 29.4 Å². The van der Waals surface area contributed by atoms with Crippen molar-refractivity contribution >= 4 is 26.5 Å². The predicted octanol–water partition coefficient (Wildman–Crippen LogP) is 2.85. The maximum Gasteiger partial charge on any atom is 0.265 e. The fourth-order valence-corrected chi connectivity index (χ4v) is 4.45. The highest BCUT2D eigenvalue weighted by atomic mass is 32.2. The zero-order valence-electron chi connectivity index (χ0n) is 11.3. The molecule has 106 valence electrons. The molecule has 0 spiro atoms. The molecule has 5 nitrogen and oxygen atoms in total. The molecule has 1 aliphatic rings. The van der Waals surface area contributed by atoms with Gasteiger partial charge < -0.3 is 4.52 Å². The molecule has 0 radical (unpaired) electrons. The van der Waals surface area contributed by atoms with E-state index in [1.165, 1.54) is 4.31 Å². The van der Waals surface area contributed by atoms with Gasteiger partial charge in [0, 0.05) is 11.5 Å². The second kappa shape index (κ2) is 4.08. The summed E-state index contributed by atoms with van der Waals surface area (Å²) in [6, 6.07) is 12.7. The minimum atomic E-state index is -3.54. The highest BCUT2D eigenvalue weighted by Gasteiger charge is 2.35. The highest BCUT2D eigenvalue weighted by Crippen LogP contribution is 2.42. The summed E-state index contributed by atoms with van der Waals surface area (Å²) in [7, 11) is -3.54. The van der Waals surface area contributed by atoms with E-state index in [-0.39, 0.29) is 6.54 Å². The van der Waals surface area contributed by atoms with Crippen molar-refractivity contribution in [3.8, 4) is 0 Å². The summed E-state index contributed by atoms with van der Waals surface area (Å²) in [4.78, 5) is 0.357. The van der Waals surface area contributed by atoms with E-state index in [4.69, 9.17) is 4.52 Å². The van der Waals surface area contributed by atoms with Crippen LogP contribution in [0, 0.1) is 6.92 Å². The van der Waals surface area contributed by atoms with Crippen molar-refractivity contribution in [2.24, 2.45) is 0 Å². The molecule has 2 aromatic carbocycles. The Morgan fingerprint density at radius 1 is 1.19 bits per heavy atom. The summed E-state index contributed by atoms with van der Waals surface area (Å²) >= 11 is 0. The van der Waals surface area contributed by atoms with E-state index >= 15 is 0 Å². The summed E-state index contributed by atoms with van der Waals surface area (Å²) < 4.78 is 31.9. The van der Waals surface area contributed by atoms with Crippen LogP contribution in [0.2, 0.25) is 0 Å². The van der Waals surface area contributed by atoms with Crippen LogP contribution in [0.25, 0.3) is 10.8 Å². The smallest absolute Gasteiger partial charge is 0.265 e. The van der Waals surface area contributed by atoms with Crippen molar-refractivity contribution in [1.29, 1.82) is 0 Å². The molecule has 0 saturated heterocycles. The molecule has 0 bridgehead atoms. The van der Waals surface area contributed by atoms with E-state index in [1.807, 2.05) is 24.3 Å². The minimum absolute atomic E-state index is 0.174. The summed E-state index contributed by atoms with van der Waals surface area (Å²) in [6.07, 6.45) is 0. The first kappa shape index (κ1) is 12.4. The summed E-state index contributed by atoms with van der Waals surface area (Å²) in [5.41, 5.74) is 1.30. The van der Waals surface area contributed by atoms with Crippen LogP contribution in [0.5, 0.6) is 0 Å². The quantitative estimate of drug-likeness (QED) is 0.730. The van der Waals surface area contributed by atoms with Gasteiger partial charge >= 0.3 is 0 Å². The first-order valence-corrected chi connectivity index (χ1v) is 7.98. The van der Waals surface area contributed by atoms with Gasteiger partial charge in [0.25, 0.3) is 10.0 Å². The number of sulfonamides is 1. The Labute approximate surface area is 121 Å². The van der Waals surface area contributed by atoms with Crippen LogP contribution in [0.4, 0.5) is 5.69 Å². The van der Waals surface area contributed by atoms with Crippen LogP contribution in [0.15, 0.2) is 51.9 Å². The number of rotatable bonds is 2. The molecule has 6 heteroatoms. The Morgan fingerprint density at radius 2 is 1.95 bits per heavy atom. The maximum absolute atomic E-state index is 12.7. The molecule has 0 fully saturated rings. The molecule has 0 atom stereocenters. The van der Waals surface area contributed by atoms with Gasteiger partial charge in [-0.15, -0.1) is 0 Å². The standard InChI is InChI=1S/C15H12N2O3S/c1-10-8-12(16-20-10)9-17-13-6-2-4-11-5-3-7-14(15(11)13)21(17,18)19/h2-8H,9H2,1H3. The number of hydrogen-bond acceptors (Lipinski definition) is 4. The summed E-state index contributed by atoms with van der Waals surface area (Å²) in [5, 5.41) is 5.59. The van der Waals surface area contributed by atoms with E-state index in [0.29, 0.717) is 22.0 Å². The molecule has 3 aromatic rings. The van der Waals surface area contributed by atoms with E-state index in [9.17, 15) is 8.42 Å². The topological polar surface area (TPSA) is 63.4 Å². The van der Waals surface area contributed by atoms with E-state index in [2.05, 4.69) is 5.16 Å². The van der Waals surface area contributed by atoms with Crippen molar-refractivity contribution in [2.75, 3.05) is 4.31 Å². The van der Waals surface area contributed by atoms with Crippen molar-refractivity contribution in [2.45, 2.75) is 18.4 Å². The monoisotopic (exact) mass is 300 g/mol. The van der Waals surface area contributed by atoms with Crippen LogP contribution < -0.4 is 4.31 Å². The van der Waals surface area contributed by atoms with Gasteiger partial charge in [0.1, 0.15) is 11.5 Å². The second-order valence-electron chi connectivity index (χ2n) is 5.07. The summed E-state index contributed by atoms with van der Waals surface area (Å²) in [6.45, 7) is 1.96. The van der Waals surface area contributed by atoms with Gasteiger partial charge in [0.05, 0.1) is 17.1 Å². The number of anilines is 1. The molecule has 1 aliphatic heterocycles. The normalized spacial score (nSPS) is 15.8. The molecule has 0 N–H and O–H groups in total. The molecule has 0 aliphatic carbocycles. The fraction of sp³-hybridized carbons (Fsp3) is 0.133. The largest absolute Gasteiger partial charge is 0.361 e. The lowest BCUT2D eigenvalue weighted by Crippen LogP contribution is -2.26. The van der Waals surface area contributed by atoms with Crippen LogP contribution in [0.3, 0.4) is 0 Å². The SMILES string of the molecule is Cc1cc(CN2c3cccc4cccc(c34)S2(=O)=O)no1. The molecule has 0 unspecified atom stereocenters. The van der Waals surface area contributed by atoms with Gasteiger partial charge in [0.15, 0.2) is 0 Å². The van der Waals surface area contributed by atoms with E-state index in [0.717, 1.165) is 10.8 Å². The highest BCUT2D eigenvalue weighted by molar-refractivity contribution is 7.93. The molecule has 0 saturated carbocycles. The minimum Gasteiger partial charge on any atom is -0.361 e. The molecule has 1 aromatic heterocycles. The number of nitrogens with zero attached hydrogens (tertiary/aromatic N) is 2. The van der Waals surface area contributed by atoms with Crippen LogP contribution in [-0.2, 0) is 16.6 Å². The van der Waals surface area contributed by atoms with Crippen LogP contribution in [-0.4, -0.2) is 13.6 Å². The van der Waals surface area contributed by atoms with Gasteiger partial charge in [-0.05, 0) is 24.4 Å². The lowest BCUT2D eigenvalue weighted by atomic mass is 10.1. The van der Waals surface area contributed by atoms with Crippen molar-refractivity contribution in [3.05, 3.63) is 53.9 Å². The average Bonchev–Trinajstić information content (AvgIpc) is 2.96. The number of aryl methyl sites for hydroxylation is 1. The second-order valence-corrected chi connectivity index (χ2v) is 6.90. The Bertz CT molecular complexity index is 955. The molecule has 0 amide bonds.